The average Bonchev–Trinajstić information content (AvgIpc) is 3.62. The second-order valence-electron chi connectivity index (χ2n) is 10.1. The Labute approximate surface area is 234 Å². The Hall–Kier alpha value is -5.22. The van der Waals surface area contributed by atoms with Crippen molar-refractivity contribution in [2.75, 3.05) is 10.6 Å². The SMILES string of the molecule is C=Cc1c(/C=C\C)[nH]c2ccc(N3/C(=C/c4c(N)n(-c5ccccc5)c5ccccc45)Cc4ccccc43)cc12. The van der Waals surface area contributed by atoms with Gasteiger partial charge in [-0.05, 0) is 67.1 Å². The van der Waals surface area contributed by atoms with Gasteiger partial charge in [0.15, 0.2) is 0 Å². The van der Waals surface area contributed by atoms with E-state index in [4.69, 9.17) is 5.73 Å². The van der Waals surface area contributed by atoms with Crippen LogP contribution in [-0.2, 0) is 6.42 Å². The first kappa shape index (κ1) is 23.9. The van der Waals surface area contributed by atoms with Gasteiger partial charge in [-0.3, -0.25) is 4.57 Å². The Kier molecular flexibility index (Phi) is 5.67. The predicted octanol–water partition coefficient (Wildman–Crippen LogP) is 9.11. The fourth-order valence-corrected chi connectivity index (χ4v) is 6.06. The largest absolute Gasteiger partial charge is 0.384 e. The zero-order valence-corrected chi connectivity index (χ0v) is 22.4. The van der Waals surface area contributed by atoms with Crippen LogP contribution in [-0.4, -0.2) is 9.55 Å². The summed E-state index contributed by atoms with van der Waals surface area (Å²) in [6.07, 6.45) is 9.18. The molecule has 0 unspecified atom stereocenters. The molecule has 0 atom stereocenters. The van der Waals surface area contributed by atoms with Gasteiger partial charge in [-0.1, -0.05) is 73.3 Å². The number of allylic oxidation sites excluding steroid dienone is 2. The number of anilines is 3. The lowest BCUT2D eigenvalue weighted by atomic mass is 10.1. The minimum absolute atomic E-state index is 0.738. The van der Waals surface area contributed by atoms with Gasteiger partial charge in [0.2, 0.25) is 0 Å². The van der Waals surface area contributed by atoms with Crippen molar-refractivity contribution in [3.05, 3.63) is 138 Å². The summed E-state index contributed by atoms with van der Waals surface area (Å²) in [7, 11) is 0. The third-order valence-corrected chi connectivity index (χ3v) is 7.82. The fraction of sp³-hybridized carbons (Fsp3) is 0.0556. The van der Waals surface area contributed by atoms with Gasteiger partial charge in [-0.2, -0.15) is 0 Å². The summed E-state index contributed by atoms with van der Waals surface area (Å²) in [4.78, 5) is 5.91. The van der Waals surface area contributed by atoms with Crippen molar-refractivity contribution in [1.82, 2.24) is 9.55 Å². The summed E-state index contributed by atoms with van der Waals surface area (Å²) < 4.78 is 2.15. The Morgan fingerprint density at radius 2 is 1.60 bits per heavy atom. The van der Waals surface area contributed by atoms with Crippen LogP contribution in [0.1, 0.15) is 29.3 Å². The zero-order valence-electron chi connectivity index (χ0n) is 22.4. The molecule has 3 heterocycles. The number of H-pyrrole nitrogens is 1. The molecule has 0 saturated carbocycles. The summed E-state index contributed by atoms with van der Waals surface area (Å²) >= 11 is 0. The van der Waals surface area contributed by atoms with E-state index in [9.17, 15) is 0 Å². The molecule has 0 saturated heterocycles. The first-order valence-corrected chi connectivity index (χ1v) is 13.6. The van der Waals surface area contributed by atoms with Crippen LogP contribution in [0.4, 0.5) is 17.2 Å². The quantitative estimate of drug-likeness (QED) is 0.239. The van der Waals surface area contributed by atoms with Crippen LogP contribution in [0, 0.1) is 0 Å². The van der Waals surface area contributed by atoms with Gasteiger partial charge in [0, 0.05) is 62.3 Å². The fourth-order valence-electron chi connectivity index (χ4n) is 6.06. The number of nitrogens with one attached hydrogen (secondary N) is 1. The lowest BCUT2D eigenvalue weighted by Crippen LogP contribution is -2.11. The zero-order chi connectivity index (χ0) is 27.2. The Bertz CT molecular complexity index is 1970. The van der Waals surface area contributed by atoms with E-state index < -0.39 is 0 Å². The average molecular weight is 519 g/mol. The van der Waals surface area contributed by atoms with E-state index in [1.54, 1.807) is 0 Å². The molecule has 6 aromatic rings. The molecular weight excluding hydrogens is 488 g/mol. The van der Waals surface area contributed by atoms with Crippen molar-refractivity contribution in [1.29, 1.82) is 0 Å². The molecule has 2 aromatic heterocycles. The molecular formula is C36H30N4. The number of aromatic nitrogens is 2. The first-order valence-electron chi connectivity index (χ1n) is 13.6. The summed E-state index contributed by atoms with van der Waals surface area (Å²) in [6, 6.07) is 34.0. The maximum Gasteiger partial charge on any atom is 0.116 e. The highest BCUT2D eigenvalue weighted by atomic mass is 15.2. The molecule has 4 nitrogen and oxygen atoms in total. The van der Waals surface area contributed by atoms with E-state index in [0.717, 1.165) is 62.2 Å². The molecule has 194 valence electrons. The maximum atomic E-state index is 6.94. The topological polar surface area (TPSA) is 50.0 Å². The molecule has 0 bridgehead atoms. The maximum absolute atomic E-state index is 6.94. The molecule has 1 aliphatic heterocycles. The van der Waals surface area contributed by atoms with Crippen molar-refractivity contribution in [2.24, 2.45) is 0 Å². The molecule has 0 radical (unpaired) electrons. The molecule has 0 aliphatic carbocycles. The second-order valence-corrected chi connectivity index (χ2v) is 10.1. The summed E-state index contributed by atoms with van der Waals surface area (Å²) in [6.45, 7) is 6.13. The highest BCUT2D eigenvalue weighted by Gasteiger charge is 2.27. The third kappa shape index (κ3) is 3.69. The van der Waals surface area contributed by atoms with Crippen LogP contribution < -0.4 is 10.6 Å². The van der Waals surface area contributed by atoms with Crippen molar-refractivity contribution < 1.29 is 0 Å². The Morgan fingerprint density at radius 3 is 2.42 bits per heavy atom. The van der Waals surface area contributed by atoms with Crippen LogP contribution in [0.3, 0.4) is 0 Å². The molecule has 3 N–H and O–H groups in total. The van der Waals surface area contributed by atoms with Crippen LogP contribution in [0.15, 0.2) is 115 Å². The van der Waals surface area contributed by atoms with Gasteiger partial charge in [0.25, 0.3) is 0 Å². The van der Waals surface area contributed by atoms with E-state index in [-0.39, 0.29) is 0 Å². The number of fused-ring (bicyclic) bond motifs is 3. The third-order valence-electron chi connectivity index (χ3n) is 7.82. The number of hydrogen-bond acceptors (Lipinski definition) is 2. The Balaban J connectivity index is 1.44. The van der Waals surface area contributed by atoms with Gasteiger partial charge >= 0.3 is 0 Å². The molecule has 4 aromatic carbocycles. The van der Waals surface area contributed by atoms with Crippen molar-refractivity contribution in [3.8, 4) is 5.69 Å². The molecule has 0 fully saturated rings. The number of para-hydroxylation sites is 3. The van der Waals surface area contributed by atoms with Crippen molar-refractivity contribution >= 4 is 57.2 Å². The van der Waals surface area contributed by atoms with Crippen molar-refractivity contribution in [3.63, 3.8) is 0 Å². The number of nitrogens with two attached hydrogens (primary N) is 1. The molecule has 0 spiro atoms. The second kappa shape index (κ2) is 9.51. The van der Waals surface area contributed by atoms with Crippen molar-refractivity contribution in [2.45, 2.75) is 13.3 Å². The van der Waals surface area contributed by atoms with Gasteiger partial charge in [0.05, 0.1) is 5.52 Å². The highest BCUT2D eigenvalue weighted by Crippen LogP contribution is 2.44. The number of rotatable bonds is 5. The minimum Gasteiger partial charge on any atom is -0.384 e. The molecule has 7 rings (SSSR count). The molecule has 1 aliphatic rings. The number of nitrogens with zero attached hydrogens (tertiary/aromatic N) is 2. The molecule has 4 heteroatoms. The Morgan fingerprint density at radius 1 is 0.825 bits per heavy atom. The first-order chi connectivity index (χ1) is 19.7. The van der Waals surface area contributed by atoms with Gasteiger partial charge in [-0.25, -0.2) is 0 Å². The molecule has 40 heavy (non-hydrogen) atoms. The number of aromatic amines is 1. The lowest BCUT2D eigenvalue weighted by Gasteiger charge is -2.22. The van der Waals surface area contributed by atoms with E-state index in [1.807, 2.05) is 37.3 Å². The standard InChI is InChI=1S/C36H30N4/c1-3-12-32-28(4-2)30-22-26(19-20-33(30)38-32)39-27(21-24-13-8-10-17-34(24)39)23-31-29-16-9-11-18-35(29)40(36(31)37)25-14-6-5-7-15-25/h3-20,22-23,38H,2,21,37H2,1H3/b12-3-,27-23+. The smallest absolute Gasteiger partial charge is 0.116 e. The van der Waals surface area contributed by atoms with Gasteiger partial charge in [-0.15, -0.1) is 0 Å². The van der Waals surface area contributed by atoms with E-state index >= 15 is 0 Å². The minimum atomic E-state index is 0.738. The molecule has 0 amide bonds. The van der Waals surface area contributed by atoms with Gasteiger partial charge < -0.3 is 15.6 Å². The number of hydrogen-bond donors (Lipinski definition) is 2. The monoisotopic (exact) mass is 518 g/mol. The van der Waals surface area contributed by atoms with Crippen LogP contribution >= 0.6 is 0 Å². The normalized spacial score (nSPS) is 14.1. The van der Waals surface area contributed by atoms with Gasteiger partial charge in [0.1, 0.15) is 5.82 Å². The lowest BCUT2D eigenvalue weighted by molar-refractivity contribution is 1.13. The predicted molar refractivity (Wildman–Crippen MR) is 171 cm³/mol. The van der Waals surface area contributed by atoms with E-state index in [1.165, 1.54) is 16.9 Å². The van der Waals surface area contributed by atoms with Crippen LogP contribution in [0.5, 0.6) is 0 Å². The summed E-state index contributed by atoms with van der Waals surface area (Å²) in [5, 5.41) is 2.29. The highest BCUT2D eigenvalue weighted by molar-refractivity contribution is 6.00. The summed E-state index contributed by atoms with van der Waals surface area (Å²) in [5.74, 6) is 0.738. The number of nitrogen functional groups attached to an aromatic ring is 1. The van der Waals surface area contributed by atoms with E-state index in [0.29, 0.717) is 0 Å². The number of benzene rings is 4. The summed E-state index contributed by atoms with van der Waals surface area (Å²) in [5.41, 5.74) is 18.2. The van der Waals surface area contributed by atoms with Crippen LogP contribution in [0.25, 0.3) is 45.7 Å². The van der Waals surface area contributed by atoms with Crippen LogP contribution in [0.2, 0.25) is 0 Å². The van der Waals surface area contributed by atoms with E-state index in [2.05, 4.69) is 112 Å².